The Bertz CT molecular complexity index is 1200. The van der Waals surface area contributed by atoms with Crippen LogP contribution < -0.4 is 19.7 Å². The molecule has 0 atom stereocenters. The molecule has 34 heavy (non-hydrogen) atoms. The number of amides is 2. The highest BCUT2D eigenvalue weighted by molar-refractivity contribution is 7.98. The summed E-state index contributed by atoms with van der Waals surface area (Å²) in [6.07, 6.45) is 4.67. The quantitative estimate of drug-likeness (QED) is 0.534. The lowest BCUT2D eigenvalue weighted by Gasteiger charge is -2.29. The van der Waals surface area contributed by atoms with Crippen molar-refractivity contribution >= 4 is 29.4 Å². The first kappa shape index (κ1) is 22.3. The van der Waals surface area contributed by atoms with Crippen LogP contribution in [0, 0.1) is 0 Å². The Morgan fingerprint density at radius 2 is 1.91 bits per heavy atom. The summed E-state index contributed by atoms with van der Waals surface area (Å²) in [5, 5.41) is 2.87. The number of fused-ring (bicyclic) bond motifs is 1. The summed E-state index contributed by atoms with van der Waals surface area (Å²) in [5.74, 6) is 1.34. The number of aromatic nitrogens is 1. The van der Waals surface area contributed by atoms with Gasteiger partial charge in [-0.15, -0.1) is 11.8 Å². The van der Waals surface area contributed by atoms with Crippen LogP contribution >= 0.6 is 11.8 Å². The fraction of sp³-hybridized carbons (Fsp3) is 0.269. The molecule has 3 aromatic rings. The van der Waals surface area contributed by atoms with Crippen LogP contribution in [0.1, 0.15) is 19.3 Å². The number of thioether (sulfide) groups is 1. The van der Waals surface area contributed by atoms with Crippen LogP contribution in [0.4, 0.5) is 10.5 Å². The van der Waals surface area contributed by atoms with E-state index in [4.69, 9.17) is 14.5 Å². The fourth-order valence-corrected chi connectivity index (χ4v) is 4.53. The fourth-order valence-electron chi connectivity index (χ4n) is 3.99. The summed E-state index contributed by atoms with van der Waals surface area (Å²) >= 11 is 1.57. The third kappa shape index (κ3) is 4.59. The highest BCUT2D eigenvalue weighted by Gasteiger charge is 2.28. The second kappa shape index (κ2) is 9.77. The molecule has 1 aliphatic carbocycles. The van der Waals surface area contributed by atoms with Crippen LogP contribution in [0.3, 0.4) is 0 Å². The first-order valence-corrected chi connectivity index (χ1v) is 12.6. The van der Waals surface area contributed by atoms with Gasteiger partial charge in [0.1, 0.15) is 11.4 Å². The molecule has 8 heteroatoms. The van der Waals surface area contributed by atoms with Gasteiger partial charge in [-0.2, -0.15) is 0 Å². The van der Waals surface area contributed by atoms with E-state index in [1.54, 1.807) is 28.8 Å². The van der Waals surface area contributed by atoms with Gasteiger partial charge in [0.05, 0.1) is 11.6 Å². The Morgan fingerprint density at radius 3 is 2.59 bits per heavy atom. The number of anilines is 1. The highest BCUT2D eigenvalue weighted by atomic mass is 32.2. The lowest BCUT2D eigenvalue weighted by Crippen LogP contribution is -2.40. The molecule has 2 amide bonds. The molecule has 0 saturated heterocycles. The smallest absolute Gasteiger partial charge is 0.412 e. The number of carbonyl (C=O) groups excluding carboxylic acids is 2. The third-order valence-electron chi connectivity index (χ3n) is 6.00. The average Bonchev–Trinajstić information content (AvgIpc) is 2.84. The molecule has 174 valence electrons. The van der Waals surface area contributed by atoms with E-state index in [1.807, 2.05) is 54.8 Å². The molecular formula is C26H25N3O4S. The van der Waals surface area contributed by atoms with E-state index in [9.17, 15) is 9.59 Å². The summed E-state index contributed by atoms with van der Waals surface area (Å²) in [5.41, 5.74) is 4.12. The van der Waals surface area contributed by atoms with Crippen LogP contribution in [0.5, 0.6) is 11.6 Å². The standard InChI is InChI=1S/C26H25N3O4S/c1-34-16-29-22-14-21(17-6-3-2-4-7-17)24(28-25(22)32-15-23(29)30)18-10-12-20(13-11-18)33-26(31)27-19-8-5-9-19/h2-4,6-7,10-14,19H,5,8-9,15-16H2,1H3,(H,27,31). The number of nitrogens with zero attached hydrogens (tertiary/aromatic N) is 2. The average molecular weight is 476 g/mol. The third-order valence-corrected chi connectivity index (χ3v) is 6.52. The van der Waals surface area contributed by atoms with Crippen molar-refractivity contribution in [1.29, 1.82) is 0 Å². The number of nitrogens with one attached hydrogen (secondary N) is 1. The van der Waals surface area contributed by atoms with Gasteiger partial charge in [-0.05, 0) is 61.4 Å². The SMILES string of the molecule is CSCN1C(=O)COc2nc(-c3ccc(OC(=O)NC4CCC4)cc3)c(-c3ccccc3)cc21. The Labute approximate surface area is 202 Å². The molecule has 2 aromatic carbocycles. The largest absolute Gasteiger partial charge is 0.466 e. The first-order chi connectivity index (χ1) is 16.6. The van der Waals surface area contributed by atoms with Gasteiger partial charge >= 0.3 is 6.09 Å². The topological polar surface area (TPSA) is 80.8 Å². The molecule has 5 rings (SSSR count). The van der Waals surface area contributed by atoms with Crippen molar-refractivity contribution in [3.8, 4) is 34.0 Å². The van der Waals surface area contributed by atoms with Crippen molar-refractivity contribution in [2.75, 3.05) is 23.6 Å². The summed E-state index contributed by atoms with van der Waals surface area (Å²) in [4.78, 5) is 31.1. The maximum absolute atomic E-state index is 12.5. The minimum atomic E-state index is -0.429. The molecule has 2 heterocycles. The molecule has 1 saturated carbocycles. The minimum Gasteiger partial charge on any atom is -0.466 e. The van der Waals surface area contributed by atoms with Gasteiger partial charge in [-0.3, -0.25) is 9.69 Å². The van der Waals surface area contributed by atoms with Crippen molar-refractivity contribution in [3.63, 3.8) is 0 Å². The Hall–Kier alpha value is -3.52. The minimum absolute atomic E-state index is 0.0342. The van der Waals surface area contributed by atoms with Crippen LogP contribution in [0.15, 0.2) is 60.7 Å². The monoisotopic (exact) mass is 475 g/mol. The predicted molar refractivity (Wildman–Crippen MR) is 133 cm³/mol. The zero-order valence-electron chi connectivity index (χ0n) is 18.8. The molecule has 0 radical (unpaired) electrons. The van der Waals surface area contributed by atoms with E-state index in [0.29, 0.717) is 23.2 Å². The van der Waals surface area contributed by atoms with Crippen molar-refractivity contribution in [2.45, 2.75) is 25.3 Å². The number of carbonyl (C=O) groups is 2. The Kier molecular flexibility index (Phi) is 6.40. The van der Waals surface area contributed by atoms with Gasteiger partial charge in [0.25, 0.3) is 5.91 Å². The summed E-state index contributed by atoms with van der Waals surface area (Å²) in [7, 11) is 0. The lowest BCUT2D eigenvalue weighted by molar-refractivity contribution is -0.121. The first-order valence-electron chi connectivity index (χ1n) is 11.2. The van der Waals surface area contributed by atoms with Crippen LogP contribution in [0.2, 0.25) is 0 Å². The van der Waals surface area contributed by atoms with Crippen LogP contribution in [0.25, 0.3) is 22.4 Å². The molecule has 2 aliphatic rings. The van der Waals surface area contributed by atoms with Crippen molar-refractivity contribution in [1.82, 2.24) is 10.3 Å². The number of hydrogen-bond donors (Lipinski definition) is 1. The van der Waals surface area contributed by atoms with Gasteiger partial charge in [-0.1, -0.05) is 30.3 Å². The van der Waals surface area contributed by atoms with Crippen molar-refractivity contribution in [3.05, 3.63) is 60.7 Å². The molecule has 1 aliphatic heterocycles. The predicted octanol–water partition coefficient (Wildman–Crippen LogP) is 5.10. The van der Waals surface area contributed by atoms with Gasteiger partial charge < -0.3 is 14.8 Å². The molecule has 0 unspecified atom stereocenters. The number of ether oxygens (including phenoxy) is 2. The van der Waals surface area contributed by atoms with E-state index in [2.05, 4.69) is 5.32 Å². The second-order valence-electron chi connectivity index (χ2n) is 8.29. The van der Waals surface area contributed by atoms with Gasteiger partial charge in [0.2, 0.25) is 5.88 Å². The van der Waals surface area contributed by atoms with Gasteiger partial charge in [0, 0.05) is 17.2 Å². The van der Waals surface area contributed by atoms with Gasteiger partial charge in [0.15, 0.2) is 6.61 Å². The van der Waals surface area contributed by atoms with E-state index in [0.717, 1.165) is 41.6 Å². The van der Waals surface area contributed by atoms with Gasteiger partial charge in [-0.25, -0.2) is 9.78 Å². The molecule has 1 aromatic heterocycles. The van der Waals surface area contributed by atoms with Crippen LogP contribution in [-0.4, -0.2) is 41.8 Å². The highest BCUT2D eigenvalue weighted by Crippen LogP contribution is 2.40. The normalized spacial score (nSPS) is 15.2. The van der Waals surface area contributed by atoms with E-state index < -0.39 is 6.09 Å². The molecule has 0 bridgehead atoms. The zero-order valence-corrected chi connectivity index (χ0v) is 19.6. The molecule has 1 fully saturated rings. The van der Waals surface area contributed by atoms with E-state index in [1.165, 1.54) is 0 Å². The number of rotatable bonds is 6. The molecule has 0 spiro atoms. The van der Waals surface area contributed by atoms with E-state index >= 15 is 0 Å². The summed E-state index contributed by atoms with van der Waals surface area (Å²) in [6, 6.07) is 19.4. The molecule has 1 N–H and O–H groups in total. The molecular weight excluding hydrogens is 450 g/mol. The van der Waals surface area contributed by atoms with Crippen molar-refractivity contribution < 1.29 is 19.1 Å². The van der Waals surface area contributed by atoms with E-state index in [-0.39, 0.29) is 18.6 Å². The maximum atomic E-state index is 12.5. The summed E-state index contributed by atoms with van der Waals surface area (Å²) < 4.78 is 11.1. The maximum Gasteiger partial charge on any atom is 0.412 e. The van der Waals surface area contributed by atoms with Crippen LogP contribution in [-0.2, 0) is 4.79 Å². The second-order valence-corrected chi connectivity index (χ2v) is 9.12. The number of pyridine rings is 1. The Balaban J connectivity index is 1.49. The molecule has 7 nitrogen and oxygen atoms in total. The van der Waals surface area contributed by atoms with Crippen molar-refractivity contribution in [2.24, 2.45) is 0 Å². The number of hydrogen-bond acceptors (Lipinski definition) is 6. The summed E-state index contributed by atoms with van der Waals surface area (Å²) in [6.45, 7) is -0.0342. The zero-order chi connectivity index (χ0) is 23.5. The lowest BCUT2D eigenvalue weighted by atomic mass is 9.93. The number of benzene rings is 2. The Morgan fingerprint density at radius 1 is 1.15 bits per heavy atom.